The Hall–Kier alpha value is -3.56. The fourth-order valence-corrected chi connectivity index (χ4v) is 3.57. The highest BCUT2D eigenvalue weighted by Crippen LogP contribution is 2.35. The summed E-state index contributed by atoms with van der Waals surface area (Å²) in [5, 5.41) is 8.05. The number of primary sulfonamides is 1. The molecule has 0 saturated carbocycles. The molecule has 3 rings (SSSR count). The van der Waals surface area contributed by atoms with Crippen molar-refractivity contribution in [1.29, 1.82) is 0 Å². The van der Waals surface area contributed by atoms with Crippen molar-refractivity contribution in [2.24, 2.45) is 5.14 Å². The highest BCUT2D eigenvalue weighted by Gasteiger charge is 2.18. The molecule has 31 heavy (non-hydrogen) atoms. The zero-order valence-corrected chi connectivity index (χ0v) is 17.8. The number of benzene rings is 3. The Balaban J connectivity index is 1.84. The summed E-state index contributed by atoms with van der Waals surface area (Å²) < 4.78 is 40.4. The molecular formula is C22H22N2O6S. The van der Waals surface area contributed by atoms with Crippen LogP contribution in [0.25, 0.3) is 0 Å². The molecule has 0 aliphatic carbocycles. The predicted octanol–water partition coefficient (Wildman–Crippen LogP) is 3.32. The molecule has 1 amide bonds. The SMILES string of the molecule is COc1ccc(Oc2ccc(NC(=O)Cc3ccccc3)cc2S(N)(=O)=O)cc1OC. The number of carbonyl (C=O) groups is 1. The number of amides is 1. The standard InChI is InChI=1S/C22H22N2O6S/c1-28-18-11-9-17(14-20(18)29-2)30-19-10-8-16(13-21(19)31(23,26)27)24-22(25)12-15-6-4-3-5-7-15/h3-11,13-14H,12H2,1-2H3,(H,24,25)(H2,23,26,27). The Morgan fingerprint density at radius 2 is 1.58 bits per heavy atom. The van der Waals surface area contributed by atoms with Gasteiger partial charge in [0.05, 0.1) is 20.6 Å². The van der Waals surface area contributed by atoms with Gasteiger partial charge < -0.3 is 19.5 Å². The molecule has 0 aliphatic heterocycles. The van der Waals surface area contributed by atoms with E-state index in [2.05, 4.69) is 5.32 Å². The Morgan fingerprint density at radius 3 is 2.23 bits per heavy atom. The summed E-state index contributed by atoms with van der Waals surface area (Å²) in [6, 6.07) is 18.2. The molecule has 0 atom stereocenters. The van der Waals surface area contributed by atoms with Crippen molar-refractivity contribution in [2.45, 2.75) is 11.3 Å². The van der Waals surface area contributed by atoms with Gasteiger partial charge in [-0.2, -0.15) is 0 Å². The minimum atomic E-state index is -4.13. The van der Waals surface area contributed by atoms with Crippen LogP contribution in [0.1, 0.15) is 5.56 Å². The summed E-state index contributed by atoms with van der Waals surface area (Å²) in [7, 11) is -1.15. The molecule has 0 spiro atoms. The lowest BCUT2D eigenvalue weighted by atomic mass is 10.1. The Kier molecular flexibility index (Phi) is 6.78. The maximum absolute atomic E-state index is 12.3. The van der Waals surface area contributed by atoms with Gasteiger partial charge in [0.1, 0.15) is 16.4 Å². The Morgan fingerprint density at radius 1 is 0.903 bits per heavy atom. The van der Waals surface area contributed by atoms with Gasteiger partial charge in [-0.1, -0.05) is 30.3 Å². The van der Waals surface area contributed by atoms with Crippen molar-refractivity contribution in [1.82, 2.24) is 0 Å². The molecule has 0 aromatic heterocycles. The van der Waals surface area contributed by atoms with Crippen LogP contribution in [0, 0.1) is 0 Å². The quantitative estimate of drug-likeness (QED) is 0.553. The van der Waals surface area contributed by atoms with Crippen LogP contribution in [0.2, 0.25) is 0 Å². The highest BCUT2D eigenvalue weighted by molar-refractivity contribution is 7.89. The van der Waals surface area contributed by atoms with Gasteiger partial charge >= 0.3 is 0 Å². The summed E-state index contributed by atoms with van der Waals surface area (Å²) in [6.07, 6.45) is 0.148. The van der Waals surface area contributed by atoms with Crippen LogP contribution in [-0.4, -0.2) is 28.5 Å². The van der Waals surface area contributed by atoms with Gasteiger partial charge in [0, 0.05) is 11.8 Å². The van der Waals surface area contributed by atoms with E-state index in [1.54, 1.807) is 18.2 Å². The largest absolute Gasteiger partial charge is 0.493 e. The zero-order valence-electron chi connectivity index (χ0n) is 17.0. The summed E-state index contributed by atoms with van der Waals surface area (Å²) in [5.41, 5.74) is 1.12. The van der Waals surface area contributed by atoms with E-state index in [0.29, 0.717) is 17.2 Å². The van der Waals surface area contributed by atoms with Crippen LogP contribution in [0.4, 0.5) is 5.69 Å². The normalized spacial score (nSPS) is 10.9. The topological polar surface area (TPSA) is 117 Å². The van der Waals surface area contributed by atoms with Gasteiger partial charge in [-0.3, -0.25) is 4.79 Å². The van der Waals surface area contributed by atoms with Crippen LogP contribution in [0.15, 0.2) is 71.6 Å². The molecule has 0 unspecified atom stereocenters. The van der Waals surface area contributed by atoms with Gasteiger partial charge in [-0.15, -0.1) is 0 Å². The monoisotopic (exact) mass is 442 g/mol. The van der Waals surface area contributed by atoms with Crippen molar-refractivity contribution < 1.29 is 27.4 Å². The summed E-state index contributed by atoms with van der Waals surface area (Å²) in [5.74, 6) is 0.958. The predicted molar refractivity (Wildman–Crippen MR) is 116 cm³/mol. The lowest BCUT2D eigenvalue weighted by Gasteiger charge is -2.14. The number of hydrogen-bond acceptors (Lipinski definition) is 6. The van der Waals surface area contributed by atoms with E-state index in [9.17, 15) is 13.2 Å². The number of carbonyl (C=O) groups excluding carboxylic acids is 1. The minimum absolute atomic E-state index is 0.00998. The van der Waals surface area contributed by atoms with E-state index in [1.807, 2.05) is 30.3 Å². The second kappa shape index (κ2) is 9.50. The molecule has 3 N–H and O–H groups in total. The van der Waals surface area contributed by atoms with Crippen LogP contribution < -0.4 is 24.7 Å². The summed E-state index contributed by atoms with van der Waals surface area (Å²) in [6.45, 7) is 0. The van der Waals surface area contributed by atoms with Crippen LogP contribution in [0.3, 0.4) is 0 Å². The first kappa shape index (κ1) is 22.1. The molecular weight excluding hydrogens is 420 g/mol. The number of rotatable bonds is 8. The molecule has 162 valence electrons. The number of ether oxygens (including phenoxy) is 3. The second-order valence-electron chi connectivity index (χ2n) is 6.54. The smallest absolute Gasteiger partial charge is 0.241 e. The third kappa shape index (κ3) is 5.74. The molecule has 0 heterocycles. The van der Waals surface area contributed by atoms with Crippen molar-refractivity contribution in [3.8, 4) is 23.0 Å². The average molecular weight is 442 g/mol. The number of sulfonamides is 1. The molecule has 0 bridgehead atoms. The third-order valence-corrected chi connectivity index (χ3v) is 5.26. The first-order valence-corrected chi connectivity index (χ1v) is 10.8. The molecule has 0 fully saturated rings. The van der Waals surface area contributed by atoms with Crippen LogP contribution in [0.5, 0.6) is 23.0 Å². The van der Waals surface area contributed by atoms with Crippen LogP contribution >= 0.6 is 0 Å². The second-order valence-corrected chi connectivity index (χ2v) is 8.07. The third-order valence-electron chi connectivity index (χ3n) is 4.32. The Labute approximate surface area is 180 Å². The number of nitrogens with two attached hydrogens (primary N) is 1. The fraction of sp³-hybridized carbons (Fsp3) is 0.136. The molecule has 3 aromatic rings. The number of nitrogens with one attached hydrogen (secondary N) is 1. The number of methoxy groups -OCH3 is 2. The summed E-state index contributed by atoms with van der Waals surface area (Å²) in [4.78, 5) is 12.0. The van der Waals surface area contributed by atoms with E-state index in [1.165, 1.54) is 32.4 Å². The summed E-state index contributed by atoms with van der Waals surface area (Å²) >= 11 is 0. The number of anilines is 1. The van der Waals surface area contributed by atoms with Gasteiger partial charge in [-0.05, 0) is 35.9 Å². The van der Waals surface area contributed by atoms with E-state index < -0.39 is 10.0 Å². The highest BCUT2D eigenvalue weighted by atomic mass is 32.2. The minimum Gasteiger partial charge on any atom is -0.493 e. The van der Waals surface area contributed by atoms with E-state index in [0.717, 1.165) is 5.56 Å². The van der Waals surface area contributed by atoms with Gasteiger partial charge in [0.2, 0.25) is 15.9 Å². The molecule has 0 radical (unpaired) electrons. The fourth-order valence-electron chi connectivity index (χ4n) is 2.89. The van der Waals surface area contributed by atoms with Crippen molar-refractivity contribution >= 4 is 21.6 Å². The van der Waals surface area contributed by atoms with Crippen LogP contribution in [-0.2, 0) is 21.2 Å². The van der Waals surface area contributed by atoms with Gasteiger partial charge in [0.15, 0.2) is 11.5 Å². The van der Waals surface area contributed by atoms with Crippen molar-refractivity contribution in [2.75, 3.05) is 19.5 Å². The van der Waals surface area contributed by atoms with Gasteiger partial charge in [-0.25, -0.2) is 13.6 Å². The lowest BCUT2D eigenvalue weighted by Crippen LogP contribution is -2.17. The molecule has 8 nitrogen and oxygen atoms in total. The maximum Gasteiger partial charge on any atom is 0.241 e. The molecule has 9 heteroatoms. The van der Waals surface area contributed by atoms with E-state index >= 15 is 0 Å². The van der Waals surface area contributed by atoms with Gasteiger partial charge in [0.25, 0.3) is 0 Å². The lowest BCUT2D eigenvalue weighted by molar-refractivity contribution is -0.115. The van der Waals surface area contributed by atoms with E-state index in [-0.39, 0.29) is 28.7 Å². The van der Waals surface area contributed by atoms with Crippen molar-refractivity contribution in [3.63, 3.8) is 0 Å². The maximum atomic E-state index is 12.3. The average Bonchev–Trinajstić information content (AvgIpc) is 2.74. The van der Waals surface area contributed by atoms with E-state index in [4.69, 9.17) is 19.3 Å². The van der Waals surface area contributed by atoms with Crippen molar-refractivity contribution in [3.05, 3.63) is 72.3 Å². The Bertz CT molecular complexity index is 1180. The first-order valence-electron chi connectivity index (χ1n) is 9.20. The number of hydrogen-bond donors (Lipinski definition) is 2. The molecule has 3 aromatic carbocycles. The first-order chi connectivity index (χ1) is 14.8. The zero-order chi connectivity index (χ0) is 22.4. The molecule has 0 saturated heterocycles. The molecule has 0 aliphatic rings.